The number of rotatable bonds is 3. The Hall–Kier alpha value is -5.70. The van der Waals surface area contributed by atoms with Crippen molar-refractivity contribution >= 4 is 72.2 Å². The maximum Gasteiger partial charge on any atom is 0.180 e. The maximum atomic E-state index is 2.55. The zero-order valence-corrected chi connectivity index (χ0v) is 27.1. The van der Waals surface area contributed by atoms with Crippen LogP contribution in [-0.2, 0) is 7.05 Å². The number of aromatic nitrogens is 1. The number of hydrogen-bond acceptors (Lipinski definition) is 0. The quantitative estimate of drug-likeness (QED) is 0.139. The molecule has 8 aromatic carbocycles. The van der Waals surface area contributed by atoms with Crippen LogP contribution < -0.4 is 20.7 Å². The highest BCUT2D eigenvalue weighted by atomic mass is 28.3. The Morgan fingerprint density at radius 1 is 0.404 bits per heavy atom. The zero-order valence-electron chi connectivity index (χ0n) is 26.1. The normalized spacial score (nSPS) is 13.4. The SMILES string of the molecule is Cn1c2cccc(-c3ccc4c(c3)[Si](c3ccccc3)(c3ccccc3)c3ccccc3-4)c2c2c3ccccc3c3ccccc3c21. The van der Waals surface area contributed by atoms with Crippen LogP contribution >= 0.6 is 0 Å². The van der Waals surface area contributed by atoms with E-state index in [-0.39, 0.29) is 0 Å². The van der Waals surface area contributed by atoms with Crippen molar-refractivity contribution in [2.24, 2.45) is 7.05 Å². The van der Waals surface area contributed by atoms with E-state index in [9.17, 15) is 0 Å². The molecule has 1 nitrogen and oxygen atoms in total. The van der Waals surface area contributed by atoms with Gasteiger partial charge in [-0.05, 0) is 65.2 Å². The molecule has 0 aliphatic carbocycles. The summed E-state index contributed by atoms with van der Waals surface area (Å²) < 4.78 is 2.42. The van der Waals surface area contributed by atoms with Crippen molar-refractivity contribution in [3.63, 3.8) is 0 Å². The Kier molecular flexibility index (Phi) is 5.58. The molecule has 0 unspecified atom stereocenters. The lowest BCUT2D eigenvalue weighted by molar-refractivity contribution is 1.02. The van der Waals surface area contributed by atoms with Gasteiger partial charge in [0, 0.05) is 28.7 Å². The van der Waals surface area contributed by atoms with Crippen LogP contribution in [0.5, 0.6) is 0 Å². The number of benzene rings is 8. The largest absolute Gasteiger partial charge is 0.343 e. The van der Waals surface area contributed by atoms with Crippen molar-refractivity contribution in [1.29, 1.82) is 0 Å². The van der Waals surface area contributed by atoms with Gasteiger partial charge in [-0.1, -0.05) is 164 Å². The van der Waals surface area contributed by atoms with Crippen molar-refractivity contribution < 1.29 is 0 Å². The monoisotopic (exact) mass is 613 g/mol. The molecular weight excluding hydrogens is 583 g/mol. The molecule has 10 rings (SSSR count). The first kappa shape index (κ1) is 26.5. The minimum absolute atomic E-state index is 1.26. The van der Waals surface area contributed by atoms with Gasteiger partial charge < -0.3 is 4.57 Å². The lowest BCUT2D eigenvalue weighted by Gasteiger charge is -2.31. The third-order valence-electron chi connectivity index (χ3n) is 10.7. The second-order valence-electron chi connectivity index (χ2n) is 12.9. The van der Waals surface area contributed by atoms with Gasteiger partial charge in [0.2, 0.25) is 0 Å². The predicted octanol–water partition coefficient (Wildman–Crippen LogP) is 8.66. The first-order chi connectivity index (χ1) is 23.3. The van der Waals surface area contributed by atoms with Gasteiger partial charge in [0.1, 0.15) is 0 Å². The molecule has 220 valence electrons. The van der Waals surface area contributed by atoms with Crippen LogP contribution in [0.2, 0.25) is 0 Å². The summed E-state index contributed by atoms with van der Waals surface area (Å²) >= 11 is 0. The van der Waals surface area contributed by atoms with Crippen molar-refractivity contribution in [3.05, 3.63) is 170 Å². The van der Waals surface area contributed by atoms with Crippen molar-refractivity contribution in [2.75, 3.05) is 0 Å². The Bertz CT molecular complexity index is 2650. The van der Waals surface area contributed by atoms with Gasteiger partial charge in [0.05, 0.1) is 5.52 Å². The fourth-order valence-electron chi connectivity index (χ4n) is 8.78. The third-order valence-corrected chi connectivity index (χ3v) is 15.5. The van der Waals surface area contributed by atoms with Gasteiger partial charge in [-0.15, -0.1) is 0 Å². The summed E-state index contributed by atoms with van der Waals surface area (Å²) in [7, 11) is -0.357. The van der Waals surface area contributed by atoms with Crippen molar-refractivity contribution in [2.45, 2.75) is 0 Å². The molecule has 0 atom stereocenters. The van der Waals surface area contributed by atoms with E-state index in [2.05, 4.69) is 181 Å². The van der Waals surface area contributed by atoms with E-state index in [0.29, 0.717) is 0 Å². The first-order valence-electron chi connectivity index (χ1n) is 16.4. The summed E-state index contributed by atoms with van der Waals surface area (Å²) in [6.07, 6.45) is 0. The summed E-state index contributed by atoms with van der Waals surface area (Å²) in [6.45, 7) is 0. The smallest absolute Gasteiger partial charge is 0.180 e. The molecule has 0 saturated heterocycles. The van der Waals surface area contributed by atoms with E-state index in [1.165, 1.54) is 86.4 Å². The highest BCUT2D eigenvalue weighted by Crippen LogP contribution is 2.44. The standard InChI is InChI=1S/C45H31NSi/c1-46-40-25-14-24-33(43(40)44-38-22-10-8-19-34(38)35-20-9-11-23-39(35)45(44)46)30-27-28-37-36-21-12-13-26-41(36)47(42(37)29-30,31-15-4-2-5-16-31)32-17-6-3-7-18-32/h2-29H,1H3. The number of fused-ring (bicyclic) bond motifs is 11. The van der Waals surface area contributed by atoms with Crippen LogP contribution in [0, 0.1) is 0 Å². The molecule has 0 N–H and O–H groups in total. The molecule has 0 radical (unpaired) electrons. The summed E-state index contributed by atoms with van der Waals surface area (Å²) in [5.74, 6) is 0. The van der Waals surface area contributed by atoms with Gasteiger partial charge in [0.25, 0.3) is 0 Å². The minimum Gasteiger partial charge on any atom is -0.343 e. The Labute approximate surface area is 275 Å². The lowest BCUT2D eigenvalue weighted by Crippen LogP contribution is -2.72. The van der Waals surface area contributed by atoms with Crippen LogP contribution in [-0.4, -0.2) is 12.6 Å². The van der Waals surface area contributed by atoms with Crippen LogP contribution in [0.3, 0.4) is 0 Å². The van der Waals surface area contributed by atoms with Crippen LogP contribution in [0.1, 0.15) is 0 Å². The second kappa shape index (κ2) is 9.90. The van der Waals surface area contributed by atoms with Gasteiger partial charge in [-0.2, -0.15) is 0 Å². The van der Waals surface area contributed by atoms with Gasteiger partial charge >= 0.3 is 0 Å². The van der Waals surface area contributed by atoms with E-state index < -0.39 is 8.07 Å². The average molecular weight is 614 g/mol. The van der Waals surface area contributed by atoms with Crippen LogP contribution in [0.25, 0.3) is 65.6 Å². The average Bonchev–Trinajstić information content (AvgIpc) is 3.62. The van der Waals surface area contributed by atoms with Crippen molar-refractivity contribution in [1.82, 2.24) is 4.57 Å². The number of nitrogens with zero attached hydrogens (tertiary/aromatic N) is 1. The molecule has 1 aliphatic rings. The van der Waals surface area contributed by atoms with E-state index in [1.54, 1.807) is 0 Å². The molecule has 0 bridgehead atoms. The Morgan fingerprint density at radius 3 is 1.68 bits per heavy atom. The molecule has 0 saturated carbocycles. The lowest BCUT2D eigenvalue weighted by atomic mass is 9.93. The third kappa shape index (κ3) is 3.48. The molecule has 9 aromatic rings. The number of aryl methyl sites for hydroxylation is 1. The topological polar surface area (TPSA) is 4.93 Å². The molecule has 0 fully saturated rings. The summed E-state index contributed by atoms with van der Waals surface area (Å²) in [6, 6.07) is 63.8. The predicted molar refractivity (Wildman–Crippen MR) is 203 cm³/mol. The molecule has 0 spiro atoms. The van der Waals surface area contributed by atoms with E-state index in [4.69, 9.17) is 0 Å². The Morgan fingerprint density at radius 2 is 0.957 bits per heavy atom. The maximum absolute atomic E-state index is 2.59. The van der Waals surface area contributed by atoms with E-state index >= 15 is 0 Å². The molecule has 2 heteroatoms. The summed E-state index contributed by atoms with van der Waals surface area (Å²) in [5, 5.41) is 13.7. The summed E-state index contributed by atoms with van der Waals surface area (Å²) in [5.41, 5.74) is 7.86. The van der Waals surface area contributed by atoms with Gasteiger partial charge in [0.15, 0.2) is 8.07 Å². The van der Waals surface area contributed by atoms with Crippen molar-refractivity contribution in [3.8, 4) is 22.3 Å². The van der Waals surface area contributed by atoms with Gasteiger partial charge in [-0.25, -0.2) is 0 Å². The number of hydrogen-bond donors (Lipinski definition) is 0. The zero-order chi connectivity index (χ0) is 31.1. The fourth-order valence-corrected chi connectivity index (χ4v) is 14.0. The second-order valence-corrected chi connectivity index (χ2v) is 16.6. The van der Waals surface area contributed by atoms with E-state index in [0.717, 1.165) is 0 Å². The molecule has 0 amide bonds. The molecule has 47 heavy (non-hydrogen) atoms. The molecular formula is C45H31NSi. The summed E-state index contributed by atoms with van der Waals surface area (Å²) in [4.78, 5) is 0. The highest BCUT2D eigenvalue weighted by Gasteiger charge is 2.48. The van der Waals surface area contributed by atoms with Crippen LogP contribution in [0.15, 0.2) is 170 Å². The Balaban J connectivity index is 1.34. The van der Waals surface area contributed by atoms with E-state index in [1.807, 2.05) is 0 Å². The molecule has 2 heterocycles. The minimum atomic E-state index is -2.59. The highest BCUT2D eigenvalue weighted by molar-refractivity contribution is 7.22. The molecule has 1 aromatic heterocycles. The first-order valence-corrected chi connectivity index (χ1v) is 18.4. The fraction of sp³-hybridized carbons (Fsp3) is 0.0222. The molecule has 1 aliphatic heterocycles. The van der Waals surface area contributed by atoms with Gasteiger partial charge in [-0.3, -0.25) is 0 Å². The van der Waals surface area contributed by atoms with Crippen LogP contribution in [0.4, 0.5) is 0 Å².